The molecule has 0 radical (unpaired) electrons. The number of nitrogens with zero attached hydrogens (tertiary/aromatic N) is 1. The van der Waals surface area contributed by atoms with E-state index in [1.165, 1.54) is 4.90 Å². The molecule has 2 rings (SSSR count). The van der Waals surface area contributed by atoms with Gasteiger partial charge >= 0.3 is 12.0 Å². The highest BCUT2D eigenvalue weighted by atomic mass is 19.2. The third kappa shape index (κ3) is 3.09. The fourth-order valence-corrected chi connectivity index (χ4v) is 2.30. The Kier molecular flexibility index (Phi) is 4.06. The van der Waals surface area contributed by atoms with Crippen LogP contribution in [-0.4, -0.2) is 35.1 Å². The molecular weight excluding hydrogens is 289 g/mol. The lowest BCUT2D eigenvalue weighted by molar-refractivity contribution is -0.142. The van der Waals surface area contributed by atoms with Gasteiger partial charge in [0.05, 0.1) is 11.6 Å². The smallest absolute Gasteiger partial charge is 0.321 e. The van der Waals surface area contributed by atoms with Gasteiger partial charge in [0.1, 0.15) is 5.82 Å². The highest BCUT2D eigenvalue weighted by molar-refractivity contribution is 5.90. The zero-order valence-electron chi connectivity index (χ0n) is 11.1. The van der Waals surface area contributed by atoms with Crippen molar-refractivity contribution in [2.75, 3.05) is 18.4 Å². The largest absolute Gasteiger partial charge is 0.481 e. The van der Waals surface area contributed by atoms with Crippen molar-refractivity contribution in [2.24, 2.45) is 11.8 Å². The lowest BCUT2D eigenvalue weighted by atomic mass is 9.99. The van der Waals surface area contributed by atoms with Crippen LogP contribution in [0.15, 0.2) is 12.1 Å². The van der Waals surface area contributed by atoms with Crippen LogP contribution in [0.25, 0.3) is 0 Å². The average molecular weight is 302 g/mol. The summed E-state index contributed by atoms with van der Waals surface area (Å²) >= 11 is 0. The van der Waals surface area contributed by atoms with Crippen molar-refractivity contribution in [3.63, 3.8) is 0 Å². The number of carbonyl (C=O) groups is 2. The van der Waals surface area contributed by atoms with Crippen LogP contribution in [0.2, 0.25) is 0 Å². The van der Waals surface area contributed by atoms with E-state index in [0.29, 0.717) is 12.1 Å². The third-order valence-electron chi connectivity index (χ3n) is 3.45. The molecule has 1 aliphatic heterocycles. The Hall–Kier alpha value is -2.25. The van der Waals surface area contributed by atoms with Crippen LogP contribution in [0.1, 0.15) is 6.92 Å². The van der Waals surface area contributed by atoms with Crippen LogP contribution >= 0.6 is 0 Å². The highest BCUT2D eigenvalue weighted by Crippen LogP contribution is 2.25. The van der Waals surface area contributed by atoms with Crippen molar-refractivity contribution in [1.82, 2.24) is 4.90 Å². The number of urea groups is 1. The first-order chi connectivity index (χ1) is 9.79. The maximum absolute atomic E-state index is 13.4. The molecule has 0 aromatic heterocycles. The van der Waals surface area contributed by atoms with Crippen molar-refractivity contribution >= 4 is 17.7 Å². The van der Waals surface area contributed by atoms with Crippen LogP contribution in [0.5, 0.6) is 0 Å². The Labute approximate surface area is 118 Å². The highest BCUT2D eigenvalue weighted by Gasteiger charge is 2.37. The molecule has 8 heteroatoms. The summed E-state index contributed by atoms with van der Waals surface area (Å²) in [7, 11) is 0. The van der Waals surface area contributed by atoms with E-state index in [2.05, 4.69) is 5.32 Å². The summed E-state index contributed by atoms with van der Waals surface area (Å²) < 4.78 is 39.5. The first kappa shape index (κ1) is 15.1. The van der Waals surface area contributed by atoms with Crippen LogP contribution in [0.3, 0.4) is 0 Å². The maximum Gasteiger partial charge on any atom is 0.321 e. The molecule has 2 N–H and O–H groups in total. The minimum Gasteiger partial charge on any atom is -0.481 e. The van der Waals surface area contributed by atoms with Crippen LogP contribution in [-0.2, 0) is 4.79 Å². The van der Waals surface area contributed by atoms with Crippen LogP contribution in [0, 0.1) is 29.3 Å². The molecule has 0 spiro atoms. The van der Waals surface area contributed by atoms with Gasteiger partial charge in [-0.2, -0.15) is 0 Å². The minimum absolute atomic E-state index is 0.0399. The van der Waals surface area contributed by atoms with Gasteiger partial charge in [-0.15, -0.1) is 0 Å². The first-order valence-electron chi connectivity index (χ1n) is 6.23. The fraction of sp³-hybridized carbons (Fsp3) is 0.385. The summed E-state index contributed by atoms with van der Waals surface area (Å²) in [5, 5.41) is 11.0. The van der Waals surface area contributed by atoms with Crippen LogP contribution < -0.4 is 5.32 Å². The average Bonchev–Trinajstić information content (AvgIpc) is 2.77. The van der Waals surface area contributed by atoms with Gasteiger partial charge in [-0.1, -0.05) is 6.92 Å². The van der Waals surface area contributed by atoms with Crippen molar-refractivity contribution in [3.05, 3.63) is 29.6 Å². The molecular formula is C13H13F3N2O3. The molecule has 1 heterocycles. The molecule has 1 fully saturated rings. The Balaban J connectivity index is 2.11. The number of hydrogen-bond acceptors (Lipinski definition) is 2. The van der Waals surface area contributed by atoms with Crippen LogP contribution in [0.4, 0.5) is 23.7 Å². The first-order valence-corrected chi connectivity index (χ1v) is 6.23. The predicted octanol–water partition coefficient (Wildman–Crippen LogP) is 2.29. The zero-order chi connectivity index (χ0) is 15.7. The fourth-order valence-electron chi connectivity index (χ4n) is 2.30. The van der Waals surface area contributed by atoms with E-state index in [1.807, 2.05) is 0 Å². The Morgan fingerprint density at radius 1 is 1.29 bits per heavy atom. The molecule has 0 bridgehead atoms. The number of carboxylic acid groups (broad SMARTS) is 1. The van der Waals surface area contributed by atoms with E-state index >= 15 is 0 Å². The summed E-state index contributed by atoms with van der Waals surface area (Å²) in [4.78, 5) is 24.1. The Morgan fingerprint density at radius 2 is 1.95 bits per heavy atom. The number of hydrogen-bond donors (Lipinski definition) is 2. The second kappa shape index (κ2) is 5.63. The molecule has 0 saturated carbocycles. The molecule has 1 aliphatic rings. The van der Waals surface area contributed by atoms with Gasteiger partial charge in [-0.3, -0.25) is 4.79 Å². The summed E-state index contributed by atoms with van der Waals surface area (Å²) in [6, 6.07) is 0.225. The van der Waals surface area contributed by atoms with E-state index in [0.717, 1.165) is 0 Å². The molecule has 2 atom stereocenters. The van der Waals surface area contributed by atoms with E-state index in [-0.39, 0.29) is 19.0 Å². The van der Waals surface area contributed by atoms with Gasteiger partial charge in [-0.05, 0) is 5.92 Å². The number of carbonyl (C=O) groups excluding carboxylic acids is 1. The molecule has 0 aliphatic carbocycles. The number of halogens is 3. The van der Waals surface area contributed by atoms with Crippen molar-refractivity contribution in [1.29, 1.82) is 0 Å². The summed E-state index contributed by atoms with van der Waals surface area (Å²) in [5.74, 6) is -5.81. The van der Waals surface area contributed by atoms with E-state index in [9.17, 15) is 22.8 Å². The molecule has 1 saturated heterocycles. The molecule has 2 amide bonds. The number of rotatable bonds is 2. The number of nitrogens with one attached hydrogen (secondary N) is 1. The van der Waals surface area contributed by atoms with E-state index < -0.39 is 41.1 Å². The van der Waals surface area contributed by atoms with Gasteiger partial charge in [0.2, 0.25) is 0 Å². The number of aliphatic carboxylic acids is 1. The van der Waals surface area contributed by atoms with Gasteiger partial charge < -0.3 is 15.3 Å². The van der Waals surface area contributed by atoms with Gasteiger partial charge in [0, 0.05) is 25.2 Å². The SMILES string of the molecule is C[C@@H]1CN(C(=O)Nc2cc(F)cc(F)c2F)C[C@H]1C(=O)O. The number of amides is 2. The van der Waals surface area contributed by atoms with Crippen molar-refractivity contribution in [3.8, 4) is 0 Å². The molecule has 114 valence electrons. The number of anilines is 1. The normalized spacial score (nSPS) is 21.4. The van der Waals surface area contributed by atoms with Gasteiger partial charge in [0.15, 0.2) is 11.6 Å². The van der Waals surface area contributed by atoms with E-state index in [1.54, 1.807) is 6.92 Å². The second-order valence-corrected chi connectivity index (χ2v) is 5.01. The maximum atomic E-state index is 13.4. The molecule has 5 nitrogen and oxygen atoms in total. The molecule has 1 aromatic carbocycles. The molecule has 21 heavy (non-hydrogen) atoms. The van der Waals surface area contributed by atoms with Crippen molar-refractivity contribution in [2.45, 2.75) is 6.92 Å². The number of benzene rings is 1. The summed E-state index contributed by atoms with van der Waals surface area (Å²) in [6.07, 6.45) is 0. The second-order valence-electron chi connectivity index (χ2n) is 5.01. The molecule has 0 unspecified atom stereocenters. The molecule has 1 aromatic rings. The monoisotopic (exact) mass is 302 g/mol. The third-order valence-corrected chi connectivity index (χ3v) is 3.45. The quantitative estimate of drug-likeness (QED) is 0.824. The van der Waals surface area contributed by atoms with Gasteiger partial charge in [0.25, 0.3) is 0 Å². The Morgan fingerprint density at radius 3 is 2.52 bits per heavy atom. The standard InChI is InChI=1S/C13H13F3N2O3/c1-6-4-18(5-8(6)12(19)20)13(21)17-10-3-7(14)2-9(15)11(10)16/h2-3,6,8H,4-5H2,1H3,(H,17,21)(H,19,20)/t6-,8-/m1/s1. The zero-order valence-corrected chi connectivity index (χ0v) is 11.1. The lowest BCUT2D eigenvalue weighted by Gasteiger charge is -2.17. The Bertz CT molecular complexity index is 594. The summed E-state index contributed by atoms with van der Waals surface area (Å²) in [5.41, 5.74) is -0.621. The lowest BCUT2D eigenvalue weighted by Crippen LogP contribution is -2.34. The minimum atomic E-state index is -1.41. The topological polar surface area (TPSA) is 69.6 Å². The van der Waals surface area contributed by atoms with Gasteiger partial charge in [-0.25, -0.2) is 18.0 Å². The number of carboxylic acids is 1. The predicted molar refractivity (Wildman–Crippen MR) is 67.2 cm³/mol. The summed E-state index contributed by atoms with van der Waals surface area (Å²) in [6.45, 7) is 1.80. The van der Waals surface area contributed by atoms with Crippen molar-refractivity contribution < 1.29 is 27.9 Å². The number of likely N-dealkylation sites (tertiary alicyclic amines) is 1. The van der Waals surface area contributed by atoms with E-state index in [4.69, 9.17) is 5.11 Å².